The first-order chi connectivity index (χ1) is 7.63. The standard InChI is InChI=1S/C11H22N2O3/c1-10(2)16-8-6-13-4-3-12(5-7-14)9-11(13)15/h10,14H,3-9H2,1-2H3. The maximum Gasteiger partial charge on any atom is 0.236 e. The fraction of sp³-hybridized carbons (Fsp3) is 0.909. The van der Waals surface area contributed by atoms with Gasteiger partial charge in [-0.05, 0) is 13.8 Å². The molecule has 0 bridgehead atoms. The maximum absolute atomic E-state index is 11.7. The summed E-state index contributed by atoms with van der Waals surface area (Å²) >= 11 is 0. The van der Waals surface area contributed by atoms with E-state index in [2.05, 4.69) is 0 Å². The Hall–Kier alpha value is -0.650. The molecule has 16 heavy (non-hydrogen) atoms. The van der Waals surface area contributed by atoms with Crippen LogP contribution < -0.4 is 0 Å². The molecule has 1 fully saturated rings. The summed E-state index contributed by atoms with van der Waals surface area (Å²) in [5, 5.41) is 8.79. The minimum absolute atomic E-state index is 0.115. The quantitative estimate of drug-likeness (QED) is 0.671. The van der Waals surface area contributed by atoms with Gasteiger partial charge in [-0.15, -0.1) is 0 Å². The van der Waals surface area contributed by atoms with Gasteiger partial charge >= 0.3 is 0 Å². The highest BCUT2D eigenvalue weighted by atomic mass is 16.5. The molecule has 0 spiro atoms. The molecular formula is C11H22N2O3. The number of piperazine rings is 1. The van der Waals surface area contributed by atoms with Gasteiger partial charge in [0.1, 0.15) is 0 Å². The summed E-state index contributed by atoms with van der Waals surface area (Å²) in [4.78, 5) is 15.5. The van der Waals surface area contributed by atoms with Crippen molar-refractivity contribution in [1.29, 1.82) is 0 Å². The minimum Gasteiger partial charge on any atom is -0.395 e. The summed E-state index contributed by atoms with van der Waals surface area (Å²) in [7, 11) is 0. The molecule has 5 nitrogen and oxygen atoms in total. The van der Waals surface area contributed by atoms with Gasteiger partial charge in [0, 0.05) is 26.2 Å². The summed E-state index contributed by atoms with van der Waals surface area (Å²) in [5.74, 6) is 0.132. The lowest BCUT2D eigenvalue weighted by atomic mass is 10.3. The van der Waals surface area contributed by atoms with Crippen molar-refractivity contribution in [3.05, 3.63) is 0 Å². The number of hydrogen-bond acceptors (Lipinski definition) is 4. The first-order valence-electron chi connectivity index (χ1n) is 5.86. The van der Waals surface area contributed by atoms with Crippen LogP contribution in [0.3, 0.4) is 0 Å². The van der Waals surface area contributed by atoms with Crippen molar-refractivity contribution >= 4 is 5.91 Å². The summed E-state index contributed by atoms with van der Waals surface area (Å²) in [6.45, 7) is 7.94. The number of carbonyl (C=O) groups is 1. The van der Waals surface area contributed by atoms with E-state index in [9.17, 15) is 4.79 Å². The molecule has 94 valence electrons. The Morgan fingerprint density at radius 3 is 2.69 bits per heavy atom. The van der Waals surface area contributed by atoms with E-state index < -0.39 is 0 Å². The van der Waals surface area contributed by atoms with Crippen LogP contribution in [0.4, 0.5) is 0 Å². The Morgan fingerprint density at radius 2 is 2.12 bits per heavy atom. The van der Waals surface area contributed by atoms with Crippen molar-refractivity contribution < 1.29 is 14.6 Å². The van der Waals surface area contributed by atoms with E-state index in [1.807, 2.05) is 23.6 Å². The van der Waals surface area contributed by atoms with Crippen molar-refractivity contribution in [3.8, 4) is 0 Å². The van der Waals surface area contributed by atoms with E-state index in [0.717, 1.165) is 13.1 Å². The predicted octanol–water partition coefficient (Wildman–Crippen LogP) is -0.452. The number of rotatable bonds is 6. The predicted molar refractivity (Wildman–Crippen MR) is 61.2 cm³/mol. The molecule has 0 aromatic carbocycles. The van der Waals surface area contributed by atoms with Crippen molar-refractivity contribution in [2.45, 2.75) is 20.0 Å². The van der Waals surface area contributed by atoms with E-state index in [-0.39, 0.29) is 18.6 Å². The van der Waals surface area contributed by atoms with Gasteiger partial charge in [0.05, 0.1) is 25.9 Å². The van der Waals surface area contributed by atoms with E-state index >= 15 is 0 Å². The molecular weight excluding hydrogens is 208 g/mol. The second-order valence-corrected chi connectivity index (χ2v) is 4.30. The van der Waals surface area contributed by atoms with Crippen molar-refractivity contribution in [2.75, 3.05) is 45.9 Å². The second-order valence-electron chi connectivity index (χ2n) is 4.30. The van der Waals surface area contributed by atoms with Gasteiger partial charge in [-0.1, -0.05) is 0 Å². The number of amides is 1. The van der Waals surface area contributed by atoms with Gasteiger partial charge < -0.3 is 14.7 Å². The van der Waals surface area contributed by atoms with Crippen LogP contribution >= 0.6 is 0 Å². The maximum atomic E-state index is 11.7. The molecule has 1 rings (SSSR count). The van der Waals surface area contributed by atoms with Crippen molar-refractivity contribution in [1.82, 2.24) is 9.80 Å². The zero-order valence-corrected chi connectivity index (χ0v) is 10.2. The molecule has 0 unspecified atom stereocenters. The van der Waals surface area contributed by atoms with Crippen LogP contribution in [0.5, 0.6) is 0 Å². The van der Waals surface area contributed by atoms with Gasteiger partial charge in [0.2, 0.25) is 5.91 Å². The van der Waals surface area contributed by atoms with Gasteiger partial charge in [-0.25, -0.2) is 0 Å². The molecule has 1 amide bonds. The average Bonchev–Trinajstić information content (AvgIpc) is 2.21. The van der Waals surface area contributed by atoms with Gasteiger partial charge in [0.15, 0.2) is 0 Å². The molecule has 1 heterocycles. The lowest BCUT2D eigenvalue weighted by Gasteiger charge is -2.34. The smallest absolute Gasteiger partial charge is 0.236 e. The first kappa shape index (κ1) is 13.4. The number of aliphatic hydroxyl groups is 1. The molecule has 5 heteroatoms. The molecule has 0 aromatic rings. The van der Waals surface area contributed by atoms with E-state index in [1.54, 1.807) is 0 Å². The molecule has 1 aliphatic rings. The van der Waals surface area contributed by atoms with Crippen LogP contribution in [-0.4, -0.2) is 72.9 Å². The topological polar surface area (TPSA) is 53.0 Å². The molecule has 1 saturated heterocycles. The highest BCUT2D eigenvalue weighted by Gasteiger charge is 2.22. The number of β-amino-alcohol motifs (C(OH)–C–C–N with tert-alkyl or cyclic N) is 1. The summed E-state index contributed by atoms with van der Waals surface area (Å²) in [6.07, 6.45) is 0.214. The third kappa shape index (κ3) is 4.47. The lowest BCUT2D eigenvalue weighted by Crippen LogP contribution is -2.51. The zero-order chi connectivity index (χ0) is 12.0. The number of nitrogens with zero attached hydrogens (tertiary/aromatic N) is 2. The number of ether oxygens (including phenoxy) is 1. The molecule has 0 aliphatic carbocycles. The van der Waals surface area contributed by atoms with Crippen LogP contribution in [0.1, 0.15) is 13.8 Å². The van der Waals surface area contributed by atoms with Gasteiger partial charge in [0.25, 0.3) is 0 Å². The Labute approximate surface area is 97.0 Å². The highest BCUT2D eigenvalue weighted by Crippen LogP contribution is 2.03. The normalized spacial score (nSPS) is 18.5. The third-order valence-corrected chi connectivity index (χ3v) is 2.63. The van der Waals surface area contributed by atoms with Gasteiger partial charge in [-0.3, -0.25) is 9.69 Å². The van der Waals surface area contributed by atoms with Crippen molar-refractivity contribution in [2.24, 2.45) is 0 Å². The molecule has 0 saturated carbocycles. The van der Waals surface area contributed by atoms with E-state index in [1.165, 1.54) is 0 Å². The fourth-order valence-corrected chi connectivity index (χ4v) is 1.72. The molecule has 0 radical (unpaired) electrons. The zero-order valence-electron chi connectivity index (χ0n) is 10.2. The Bertz CT molecular complexity index is 221. The number of aliphatic hydroxyl groups excluding tert-OH is 1. The van der Waals surface area contributed by atoms with E-state index in [0.29, 0.717) is 26.2 Å². The summed E-state index contributed by atoms with van der Waals surface area (Å²) < 4.78 is 5.42. The van der Waals surface area contributed by atoms with Crippen LogP contribution in [0.15, 0.2) is 0 Å². The van der Waals surface area contributed by atoms with Crippen LogP contribution in [-0.2, 0) is 9.53 Å². The monoisotopic (exact) mass is 230 g/mol. The molecule has 0 atom stereocenters. The first-order valence-corrected chi connectivity index (χ1v) is 5.86. The Morgan fingerprint density at radius 1 is 1.38 bits per heavy atom. The fourth-order valence-electron chi connectivity index (χ4n) is 1.72. The minimum atomic E-state index is 0.115. The van der Waals surface area contributed by atoms with E-state index in [4.69, 9.17) is 9.84 Å². The third-order valence-electron chi connectivity index (χ3n) is 2.63. The van der Waals surface area contributed by atoms with Gasteiger partial charge in [-0.2, -0.15) is 0 Å². The summed E-state index contributed by atoms with van der Waals surface area (Å²) in [5.41, 5.74) is 0. The van der Waals surface area contributed by atoms with Crippen molar-refractivity contribution in [3.63, 3.8) is 0 Å². The summed E-state index contributed by atoms with van der Waals surface area (Å²) in [6, 6.07) is 0. The highest BCUT2D eigenvalue weighted by molar-refractivity contribution is 5.79. The lowest BCUT2D eigenvalue weighted by molar-refractivity contribution is -0.137. The van der Waals surface area contributed by atoms with Crippen LogP contribution in [0.2, 0.25) is 0 Å². The second kappa shape index (κ2) is 6.83. The number of carbonyl (C=O) groups excluding carboxylic acids is 1. The van der Waals surface area contributed by atoms with Crippen LogP contribution in [0, 0.1) is 0 Å². The average molecular weight is 230 g/mol. The SMILES string of the molecule is CC(C)OCCN1CCN(CCO)CC1=O. The molecule has 1 N–H and O–H groups in total. The van der Waals surface area contributed by atoms with Crippen LogP contribution in [0.25, 0.3) is 0 Å². The largest absolute Gasteiger partial charge is 0.395 e. The Kier molecular flexibility index (Phi) is 5.73. The Balaban J connectivity index is 2.22. The number of hydrogen-bond donors (Lipinski definition) is 1. The molecule has 0 aromatic heterocycles. The molecule has 1 aliphatic heterocycles.